The quantitative estimate of drug-likeness (QED) is 0.833. The molecule has 110 valence electrons. The third-order valence-electron chi connectivity index (χ3n) is 3.36. The van der Waals surface area contributed by atoms with Gasteiger partial charge in [-0.05, 0) is 25.8 Å². The Morgan fingerprint density at radius 2 is 2.05 bits per heavy atom. The van der Waals surface area contributed by atoms with Gasteiger partial charge in [-0.3, -0.25) is 9.59 Å². The van der Waals surface area contributed by atoms with Crippen molar-refractivity contribution in [2.24, 2.45) is 5.92 Å². The minimum absolute atomic E-state index is 0.0158. The smallest absolute Gasteiger partial charge is 0.308 e. The molecular weight excluding hydrogens is 254 g/mol. The summed E-state index contributed by atoms with van der Waals surface area (Å²) >= 11 is 0. The van der Waals surface area contributed by atoms with Gasteiger partial charge in [0.05, 0.1) is 5.92 Å². The first-order valence-electron chi connectivity index (χ1n) is 7.00. The highest BCUT2D eigenvalue weighted by molar-refractivity contribution is 5.77. The van der Waals surface area contributed by atoms with Crippen molar-refractivity contribution in [2.75, 3.05) is 13.1 Å². The predicted octanol–water partition coefficient (Wildman–Crippen LogP) is 2.50. The van der Waals surface area contributed by atoms with E-state index in [9.17, 15) is 9.59 Å². The molecule has 0 saturated heterocycles. The molecule has 0 radical (unpaired) electrons. The zero-order valence-corrected chi connectivity index (χ0v) is 12.4. The number of aliphatic carboxylic acids is 1. The number of benzene rings is 1. The van der Waals surface area contributed by atoms with Gasteiger partial charge in [-0.2, -0.15) is 0 Å². The van der Waals surface area contributed by atoms with Crippen LogP contribution in [0.15, 0.2) is 24.3 Å². The summed E-state index contributed by atoms with van der Waals surface area (Å²) in [5.74, 6) is -1.38. The average molecular weight is 277 g/mol. The van der Waals surface area contributed by atoms with Crippen molar-refractivity contribution < 1.29 is 14.7 Å². The summed E-state index contributed by atoms with van der Waals surface area (Å²) in [6.07, 6.45) is 1.11. The lowest BCUT2D eigenvalue weighted by Gasteiger charge is -2.23. The molecule has 0 aliphatic rings. The molecule has 20 heavy (non-hydrogen) atoms. The normalized spacial score (nSPS) is 11.9. The topological polar surface area (TPSA) is 57.6 Å². The molecule has 1 amide bonds. The highest BCUT2D eigenvalue weighted by Gasteiger charge is 2.18. The van der Waals surface area contributed by atoms with Gasteiger partial charge in [0.2, 0.25) is 5.91 Å². The van der Waals surface area contributed by atoms with Gasteiger partial charge >= 0.3 is 5.97 Å². The van der Waals surface area contributed by atoms with Gasteiger partial charge in [-0.25, -0.2) is 0 Å². The van der Waals surface area contributed by atoms with E-state index in [-0.39, 0.29) is 12.5 Å². The molecule has 0 heterocycles. The molecule has 1 unspecified atom stereocenters. The third-order valence-corrected chi connectivity index (χ3v) is 3.36. The zero-order chi connectivity index (χ0) is 15.1. The molecule has 1 aromatic carbocycles. The lowest BCUT2D eigenvalue weighted by atomic mass is 10.1. The molecule has 1 atom stereocenters. The van der Waals surface area contributed by atoms with Gasteiger partial charge in [0, 0.05) is 19.5 Å². The number of hydrogen-bond acceptors (Lipinski definition) is 2. The Bertz CT molecular complexity index is 471. The van der Waals surface area contributed by atoms with Crippen LogP contribution in [0.1, 0.15) is 31.4 Å². The Balaban J connectivity index is 2.53. The summed E-state index contributed by atoms with van der Waals surface area (Å²) in [6, 6.07) is 8.09. The monoisotopic (exact) mass is 277 g/mol. The van der Waals surface area contributed by atoms with E-state index in [1.165, 1.54) is 5.56 Å². The molecular formula is C16H23NO3. The van der Waals surface area contributed by atoms with Gasteiger partial charge in [0.25, 0.3) is 0 Å². The fourth-order valence-corrected chi connectivity index (χ4v) is 2.09. The maximum Gasteiger partial charge on any atom is 0.308 e. The first kappa shape index (κ1) is 16.2. The van der Waals surface area contributed by atoms with Crippen LogP contribution in [-0.2, 0) is 16.0 Å². The van der Waals surface area contributed by atoms with E-state index in [0.29, 0.717) is 19.4 Å². The van der Waals surface area contributed by atoms with Gasteiger partial charge in [-0.15, -0.1) is 0 Å². The summed E-state index contributed by atoms with van der Waals surface area (Å²) in [5.41, 5.74) is 2.32. The number of rotatable bonds is 7. The molecule has 0 aliphatic heterocycles. The number of carboxylic acids is 1. The lowest BCUT2D eigenvalue weighted by Crippen LogP contribution is -2.36. The molecule has 4 heteroatoms. The summed E-state index contributed by atoms with van der Waals surface area (Å²) < 4.78 is 0. The fourth-order valence-electron chi connectivity index (χ4n) is 2.09. The minimum Gasteiger partial charge on any atom is -0.481 e. The predicted molar refractivity (Wildman–Crippen MR) is 78.6 cm³/mol. The molecule has 0 aromatic heterocycles. The Labute approximate surface area is 120 Å². The van der Waals surface area contributed by atoms with Crippen molar-refractivity contribution in [1.82, 2.24) is 4.90 Å². The van der Waals surface area contributed by atoms with Crippen molar-refractivity contribution in [3.8, 4) is 0 Å². The molecule has 1 N–H and O–H groups in total. The Morgan fingerprint density at radius 1 is 1.35 bits per heavy atom. The number of aryl methyl sites for hydroxylation is 2. The van der Waals surface area contributed by atoms with Crippen LogP contribution in [-0.4, -0.2) is 35.0 Å². The van der Waals surface area contributed by atoms with E-state index in [1.807, 2.05) is 32.0 Å². The zero-order valence-electron chi connectivity index (χ0n) is 12.4. The summed E-state index contributed by atoms with van der Waals surface area (Å²) in [5, 5.41) is 8.91. The highest BCUT2D eigenvalue weighted by Crippen LogP contribution is 2.09. The third kappa shape index (κ3) is 5.03. The largest absolute Gasteiger partial charge is 0.481 e. The number of nitrogens with zero attached hydrogens (tertiary/aromatic N) is 1. The summed E-state index contributed by atoms with van der Waals surface area (Å²) in [6.45, 7) is 6.35. The number of amides is 1. The molecule has 1 rings (SSSR count). The second kappa shape index (κ2) is 7.68. The second-order valence-electron chi connectivity index (χ2n) is 5.16. The minimum atomic E-state index is -0.866. The van der Waals surface area contributed by atoms with Crippen molar-refractivity contribution in [1.29, 1.82) is 0 Å². The van der Waals surface area contributed by atoms with Gasteiger partial charge in [0.1, 0.15) is 0 Å². The van der Waals surface area contributed by atoms with Crippen molar-refractivity contribution in [2.45, 2.75) is 33.6 Å². The van der Waals surface area contributed by atoms with Crippen LogP contribution in [0.3, 0.4) is 0 Å². The van der Waals surface area contributed by atoms with E-state index in [4.69, 9.17) is 5.11 Å². The Hall–Kier alpha value is -1.84. The van der Waals surface area contributed by atoms with E-state index >= 15 is 0 Å². The van der Waals surface area contributed by atoms with Crippen LogP contribution >= 0.6 is 0 Å². The van der Waals surface area contributed by atoms with Crippen LogP contribution in [0.25, 0.3) is 0 Å². The molecule has 4 nitrogen and oxygen atoms in total. The van der Waals surface area contributed by atoms with E-state index in [2.05, 4.69) is 6.07 Å². The maximum atomic E-state index is 12.1. The Kier molecular flexibility index (Phi) is 6.22. The average Bonchev–Trinajstić information content (AvgIpc) is 2.41. The van der Waals surface area contributed by atoms with Gasteiger partial charge < -0.3 is 10.0 Å². The number of carboxylic acid groups (broad SMARTS) is 1. The van der Waals surface area contributed by atoms with Crippen LogP contribution < -0.4 is 0 Å². The van der Waals surface area contributed by atoms with Crippen molar-refractivity contribution in [3.05, 3.63) is 35.4 Å². The lowest BCUT2D eigenvalue weighted by molar-refractivity contribution is -0.143. The van der Waals surface area contributed by atoms with E-state index < -0.39 is 11.9 Å². The first-order chi connectivity index (χ1) is 9.43. The van der Waals surface area contributed by atoms with Crippen molar-refractivity contribution in [3.63, 3.8) is 0 Å². The molecule has 0 spiro atoms. The van der Waals surface area contributed by atoms with Crippen LogP contribution in [0.2, 0.25) is 0 Å². The molecule has 0 bridgehead atoms. The van der Waals surface area contributed by atoms with Crippen LogP contribution in [0.5, 0.6) is 0 Å². The molecule has 0 saturated carbocycles. The number of carbonyl (C=O) groups excluding carboxylic acids is 1. The fraction of sp³-hybridized carbons (Fsp3) is 0.500. The number of carbonyl (C=O) groups is 2. The maximum absolute atomic E-state index is 12.1. The van der Waals surface area contributed by atoms with Gasteiger partial charge in [-0.1, -0.05) is 36.8 Å². The van der Waals surface area contributed by atoms with Crippen molar-refractivity contribution >= 4 is 11.9 Å². The van der Waals surface area contributed by atoms with E-state index in [1.54, 1.807) is 11.8 Å². The summed E-state index contributed by atoms with van der Waals surface area (Å²) in [7, 11) is 0. The first-order valence-corrected chi connectivity index (χ1v) is 7.00. The highest BCUT2D eigenvalue weighted by atomic mass is 16.4. The van der Waals surface area contributed by atoms with Crippen LogP contribution in [0.4, 0.5) is 0 Å². The summed E-state index contributed by atoms with van der Waals surface area (Å²) in [4.78, 5) is 24.6. The Morgan fingerprint density at radius 3 is 2.60 bits per heavy atom. The van der Waals surface area contributed by atoms with Crippen LogP contribution in [0, 0.1) is 12.8 Å². The SMILES string of the molecule is CCN(CC(C)C(=O)O)C(=O)CCc1cccc(C)c1. The number of hydrogen-bond donors (Lipinski definition) is 1. The molecule has 0 fully saturated rings. The second-order valence-corrected chi connectivity index (χ2v) is 5.16. The molecule has 1 aromatic rings. The van der Waals surface area contributed by atoms with Gasteiger partial charge in [0.15, 0.2) is 0 Å². The molecule has 0 aliphatic carbocycles. The van der Waals surface area contributed by atoms with E-state index in [0.717, 1.165) is 5.56 Å². The standard InChI is InChI=1S/C16H23NO3/c1-4-17(11-13(3)16(19)20)15(18)9-8-14-7-5-6-12(2)10-14/h5-7,10,13H,4,8-9,11H2,1-3H3,(H,19,20).